The van der Waals surface area contributed by atoms with Crippen molar-refractivity contribution >= 4 is 40.5 Å². The minimum atomic E-state index is 0.456. The topological polar surface area (TPSA) is 21.3 Å². The lowest BCUT2D eigenvalue weighted by Gasteiger charge is -2.09. The van der Waals surface area contributed by atoms with E-state index < -0.39 is 0 Å². The van der Waals surface area contributed by atoms with Gasteiger partial charge in [0.05, 0.1) is 27.4 Å². The van der Waals surface area contributed by atoms with Gasteiger partial charge in [0, 0.05) is 13.2 Å². The molecule has 2 nitrogen and oxygen atoms in total. The number of hydrogen-bond acceptors (Lipinski definition) is 2. The third-order valence-corrected chi connectivity index (χ3v) is 2.81. The summed E-state index contributed by atoms with van der Waals surface area (Å²) in [7, 11) is 0. The molecule has 0 aliphatic carbocycles. The van der Waals surface area contributed by atoms with Crippen molar-refractivity contribution in [3.05, 3.63) is 27.2 Å². The summed E-state index contributed by atoms with van der Waals surface area (Å²) in [6.07, 6.45) is 0. The smallest absolute Gasteiger partial charge is 0.0653 e. The van der Waals surface area contributed by atoms with Gasteiger partial charge < -0.3 is 10.1 Å². The highest BCUT2D eigenvalue weighted by Gasteiger charge is 2.04. The zero-order chi connectivity index (χ0) is 11.3. The lowest BCUT2D eigenvalue weighted by atomic mass is 10.3. The fraction of sp³-hybridized carbons (Fsp3) is 0.400. The number of ether oxygens (including phenoxy) is 1. The molecule has 0 amide bonds. The molecule has 0 heterocycles. The third kappa shape index (κ3) is 4.07. The number of rotatable bonds is 5. The summed E-state index contributed by atoms with van der Waals surface area (Å²) in [5, 5.41) is 4.61. The number of halogens is 3. The number of nitrogens with one attached hydrogen (secondary N) is 1. The van der Waals surface area contributed by atoms with E-state index in [1.165, 1.54) is 0 Å². The largest absolute Gasteiger partial charge is 0.381 e. The molecule has 1 aromatic carbocycles. The Bertz CT molecular complexity index is 331. The molecular formula is C10H12Cl3NO. The van der Waals surface area contributed by atoms with Crippen molar-refractivity contribution in [3.63, 3.8) is 0 Å². The van der Waals surface area contributed by atoms with Gasteiger partial charge in [0.1, 0.15) is 0 Å². The first-order valence-corrected chi connectivity index (χ1v) is 5.74. The molecule has 0 aliphatic rings. The highest BCUT2D eigenvalue weighted by Crippen LogP contribution is 2.31. The normalized spacial score (nSPS) is 10.4. The molecule has 0 spiro atoms. The van der Waals surface area contributed by atoms with Gasteiger partial charge in [0.15, 0.2) is 0 Å². The van der Waals surface area contributed by atoms with Gasteiger partial charge in [0.25, 0.3) is 0 Å². The molecular weight excluding hydrogens is 256 g/mol. The van der Waals surface area contributed by atoms with E-state index in [-0.39, 0.29) is 0 Å². The molecule has 0 atom stereocenters. The maximum atomic E-state index is 5.97. The predicted octanol–water partition coefficient (Wildman–Crippen LogP) is 4.10. The Morgan fingerprint density at radius 1 is 1.13 bits per heavy atom. The van der Waals surface area contributed by atoms with Crippen molar-refractivity contribution in [1.82, 2.24) is 0 Å². The lowest BCUT2D eigenvalue weighted by Crippen LogP contribution is -2.09. The van der Waals surface area contributed by atoms with Crippen LogP contribution in [-0.4, -0.2) is 19.8 Å². The quantitative estimate of drug-likeness (QED) is 0.641. The summed E-state index contributed by atoms with van der Waals surface area (Å²) in [5.41, 5.74) is 0.769. The second-order valence-corrected chi connectivity index (χ2v) is 4.09. The highest BCUT2D eigenvalue weighted by atomic mass is 35.5. The van der Waals surface area contributed by atoms with E-state index in [9.17, 15) is 0 Å². The van der Waals surface area contributed by atoms with Gasteiger partial charge in [-0.05, 0) is 19.1 Å². The zero-order valence-corrected chi connectivity index (χ0v) is 10.6. The Hall–Kier alpha value is -0.150. The fourth-order valence-corrected chi connectivity index (χ4v) is 1.67. The highest BCUT2D eigenvalue weighted by molar-refractivity contribution is 6.44. The van der Waals surface area contributed by atoms with Gasteiger partial charge in [-0.25, -0.2) is 0 Å². The molecule has 0 aromatic heterocycles. The molecule has 0 fully saturated rings. The SMILES string of the molecule is CCOCCNc1cc(Cl)c(Cl)cc1Cl. The monoisotopic (exact) mass is 267 g/mol. The van der Waals surface area contributed by atoms with Crippen LogP contribution in [0.15, 0.2) is 12.1 Å². The van der Waals surface area contributed by atoms with Crippen LogP contribution in [-0.2, 0) is 4.74 Å². The van der Waals surface area contributed by atoms with Gasteiger partial charge in [-0.2, -0.15) is 0 Å². The molecule has 0 bridgehead atoms. The Morgan fingerprint density at radius 2 is 1.80 bits per heavy atom. The molecule has 15 heavy (non-hydrogen) atoms. The van der Waals surface area contributed by atoms with Crippen LogP contribution in [0.25, 0.3) is 0 Å². The van der Waals surface area contributed by atoms with Crippen molar-refractivity contribution in [1.29, 1.82) is 0 Å². The van der Waals surface area contributed by atoms with Crippen LogP contribution < -0.4 is 5.32 Å². The molecule has 5 heteroatoms. The van der Waals surface area contributed by atoms with Crippen molar-refractivity contribution in [2.45, 2.75) is 6.92 Å². The van der Waals surface area contributed by atoms with E-state index in [0.717, 1.165) is 5.69 Å². The minimum Gasteiger partial charge on any atom is -0.381 e. The van der Waals surface area contributed by atoms with E-state index >= 15 is 0 Å². The Morgan fingerprint density at radius 3 is 2.47 bits per heavy atom. The summed E-state index contributed by atoms with van der Waals surface area (Å²) >= 11 is 17.6. The number of anilines is 1. The van der Waals surface area contributed by atoms with Gasteiger partial charge in [0.2, 0.25) is 0 Å². The average Bonchev–Trinajstić information content (AvgIpc) is 2.20. The molecule has 1 rings (SSSR count). The van der Waals surface area contributed by atoms with Crippen molar-refractivity contribution in [3.8, 4) is 0 Å². The van der Waals surface area contributed by atoms with Gasteiger partial charge >= 0.3 is 0 Å². The van der Waals surface area contributed by atoms with E-state index in [0.29, 0.717) is 34.8 Å². The third-order valence-electron chi connectivity index (χ3n) is 1.78. The van der Waals surface area contributed by atoms with Crippen LogP contribution in [0.3, 0.4) is 0 Å². The first-order chi connectivity index (χ1) is 7.15. The summed E-state index contributed by atoms with van der Waals surface area (Å²) in [6, 6.07) is 3.33. The van der Waals surface area contributed by atoms with E-state index in [2.05, 4.69) is 5.32 Å². The molecule has 0 saturated heterocycles. The predicted molar refractivity (Wildman–Crippen MR) is 66.5 cm³/mol. The number of hydrogen-bond donors (Lipinski definition) is 1. The molecule has 0 radical (unpaired) electrons. The Kier molecular flexibility index (Phi) is 5.54. The summed E-state index contributed by atoms with van der Waals surface area (Å²) in [4.78, 5) is 0. The molecule has 84 valence electrons. The molecule has 0 unspecified atom stereocenters. The van der Waals surface area contributed by atoms with E-state index in [1.807, 2.05) is 6.92 Å². The van der Waals surface area contributed by atoms with Crippen molar-refractivity contribution in [2.24, 2.45) is 0 Å². The average molecular weight is 269 g/mol. The second-order valence-electron chi connectivity index (χ2n) is 2.87. The van der Waals surface area contributed by atoms with E-state index in [4.69, 9.17) is 39.5 Å². The summed E-state index contributed by atoms with van der Waals surface area (Å²) < 4.78 is 5.18. The van der Waals surface area contributed by atoms with Crippen LogP contribution in [0.1, 0.15) is 6.92 Å². The molecule has 1 N–H and O–H groups in total. The molecule has 0 saturated carbocycles. The van der Waals surface area contributed by atoms with Gasteiger partial charge in [-0.1, -0.05) is 34.8 Å². The zero-order valence-electron chi connectivity index (χ0n) is 8.32. The van der Waals surface area contributed by atoms with Crippen LogP contribution >= 0.6 is 34.8 Å². The van der Waals surface area contributed by atoms with Crippen LogP contribution in [0.4, 0.5) is 5.69 Å². The van der Waals surface area contributed by atoms with Crippen LogP contribution in [0.5, 0.6) is 0 Å². The maximum absolute atomic E-state index is 5.97. The van der Waals surface area contributed by atoms with E-state index in [1.54, 1.807) is 12.1 Å². The van der Waals surface area contributed by atoms with Crippen LogP contribution in [0, 0.1) is 0 Å². The van der Waals surface area contributed by atoms with Gasteiger partial charge in [-0.15, -0.1) is 0 Å². The minimum absolute atomic E-state index is 0.456. The Labute approximate surface area is 104 Å². The summed E-state index contributed by atoms with van der Waals surface area (Å²) in [5.74, 6) is 0. The van der Waals surface area contributed by atoms with Crippen LogP contribution in [0.2, 0.25) is 15.1 Å². The lowest BCUT2D eigenvalue weighted by molar-refractivity contribution is 0.158. The first kappa shape index (κ1) is 12.9. The maximum Gasteiger partial charge on any atom is 0.0653 e. The number of benzene rings is 1. The Balaban J connectivity index is 2.57. The second kappa shape index (κ2) is 6.44. The van der Waals surface area contributed by atoms with Crippen molar-refractivity contribution < 1.29 is 4.74 Å². The standard InChI is InChI=1S/C10H12Cl3NO/c1-2-15-4-3-14-10-6-8(12)7(11)5-9(10)13/h5-6,14H,2-4H2,1H3. The molecule has 0 aliphatic heterocycles. The summed E-state index contributed by atoms with van der Waals surface area (Å²) in [6.45, 7) is 3.97. The van der Waals surface area contributed by atoms with Crippen molar-refractivity contribution in [2.75, 3.05) is 25.1 Å². The fourth-order valence-electron chi connectivity index (χ4n) is 1.06. The van der Waals surface area contributed by atoms with Gasteiger partial charge in [-0.3, -0.25) is 0 Å². The first-order valence-electron chi connectivity index (χ1n) is 4.61. The molecule has 1 aromatic rings.